The van der Waals surface area contributed by atoms with E-state index in [1.54, 1.807) is 34.1 Å². The number of hydrogen-bond acceptors (Lipinski definition) is 6. The van der Waals surface area contributed by atoms with Gasteiger partial charge in [-0.05, 0) is 45.0 Å². The Kier molecular flexibility index (Phi) is 9.06. The Bertz CT molecular complexity index is 1020. The molecule has 34 heavy (non-hydrogen) atoms. The van der Waals surface area contributed by atoms with Crippen LogP contribution in [0, 0.1) is 0 Å². The number of carboxylic acid groups (broad SMARTS) is 1. The lowest BCUT2D eigenvalue weighted by Crippen LogP contribution is -2.51. The van der Waals surface area contributed by atoms with Crippen LogP contribution in [-0.4, -0.2) is 77.2 Å². The Morgan fingerprint density at radius 2 is 1.18 bits per heavy atom. The van der Waals surface area contributed by atoms with Crippen LogP contribution < -0.4 is 0 Å². The summed E-state index contributed by atoms with van der Waals surface area (Å²) in [5.74, 6) is -1.08. The fourth-order valence-electron chi connectivity index (χ4n) is 3.01. The molecule has 0 saturated carbocycles. The molecule has 9 heteroatoms. The zero-order valence-electron chi connectivity index (χ0n) is 19.4. The average molecular weight is 469 g/mol. The average Bonchev–Trinajstić information content (AvgIpc) is 2.83. The summed E-state index contributed by atoms with van der Waals surface area (Å²) in [6.07, 6.45) is 1.07. The molecule has 0 aliphatic carbocycles. The number of carbonyl (C=O) groups excluding carboxylic acids is 4. The number of amides is 2. The van der Waals surface area contributed by atoms with E-state index in [4.69, 9.17) is 9.84 Å². The van der Waals surface area contributed by atoms with Crippen LogP contribution in [0.4, 0.5) is 4.79 Å². The molecule has 2 aromatic carbocycles. The highest BCUT2D eigenvalue weighted by molar-refractivity contribution is 5.95. The van der Waals surface area contributed by atoms with Crippen LogP contribution in [0.5, 0.6) is 0 Å². The summed E-state index contributed by atoms with van der Waals surface area (Å²) in [7, 11) is 0. The zero-order chi connectivity index (χ0) is 25.3. The van der Waals surface area contributed by atoms with Crippen LogP contribution in [0.3, 0.4) is 0 Å². The molecule has 0 radical (unpaired) electrons. The van der Waals surface area contributed by atoms with Gasteiger partial charge in [0.1, 0.15) is 18.2 Å². The van der Waals surface area contributed by atoms with Crippen molar-refractivity contribution in [2.75, 3.05) is 26.2 Å². The normalized spacial score (nSPS) is 13.3. The number of aromatic carboxylic acids is 1. The molecule has 1 aliphatic rings. The van der Waals surface area contributed by atoms with Gasteiger partial charge in [-0.25, -0.2) is 9.59 Å². The van der Waals surface area contributed by atoms with Crippen molar-refractivity contribution in [3.8, 4) is 0 Å². The molecule has 1 aliphatic heterocycles. The van der Waals surface area contributed by atoms with Gasteiger partial charge >= 0.3 is 12.1 Å². The summed E-state index contributed by atoms with van der Waals surface area (Å²) in [5.41, 5.74) is 1.23. The monoisotopic (exact) mass is 468 g/mol. The van der Waals surface area contributed by atoms with Crippen LogP contribution in [-0.2, 0) is 4.74 Å². The van der Waals surface area contributed by atoms with Crippen LogP contribution >= 0.6 is 0 Å². The fraction of sp³-hybridized carbons (Fsp3) is 0.320. The largest absolute Gasteiger partial charge is 0.478 e. The van der Waals surface area contributed by atoms with E-state index < -0.39 is 11.6 Å². The van der Waals surface area contributed by atoms with Gasteiger partial charge in [-0.3, -0.25) is 14.4 Å². The predicted molar refractivity (Wildman–Crippen MR) is 124 cm³/mol. The highest BCUT2D eigenvalue weighted by Gasteiger charge is 2.28. The van der Waals surface area contributed by atoms with E-state index in [2.05, 4.69) is 0 Å². The van der Waals surface area contributed by atoms with E-state index in [1.165, 1.54) is 24.3 Å². The van der Waals surface area contributed by atoms with Gasteiger partial charge in [-0.2, -0.15) is 0 Å². The molecular weight excluding hydrogens is 440 g/mol. The molecule has 1 N–H and O–H groups in total. The smallest absolute Gasteiger partial charge is 0.410 e. The number of carboxylic acids is 1. The first-order valence-corrected chi connectivity index (χ1v) is 10.6. The third-order valence-corrected chi connectivity index (χ3v) is 4.81. The van der Waals surface area contributed by atoms with Crippen LogP contribution in [0.1, 0.15) is 62.2 Å². The van der Waals surface area contributed by atoms with Crippen LogP contribution in [0.15, 0.2) is 48.5 Å². The van der Waals surface area contributed by atoms with Gasteiger partial charge in [0, 0.05) is 42.9 Å². The Balaban J connectivity index is 0.000000310. The lowest BCUT2D eigenvalue weighted by atomic mass is 10.1. The van der Waals surface area contributed by atoms with Crippen LogP contribution in [0.2, 0.25) is 0 Å². The number of piperazine rings is 1. The van der Waals surface area contributed by atoms with Crippen LogP contribution in [0.25, 0.3) is 0 Å². The lowest BCUT2D eigenvalue weighted by molar-refractivity contribution is 0.0140. The molecule has 2 aromatic rings. The zero-order valence-corrected chi connectivity index (χ0v) is 19.4. The fourth-order valence-corrected chi connectivity index (χ4v) is 3.01. The highest BCUT2D eigenvalue weighted by Crippen LogP contribution is 2.14. The number of nitrogens with zero attached hydrogens (tertiary/aromatic N) is 2. The van der Waals surface area contributed by atoms with Gasteiger partial charge in [-0.1, -0.05) is 24.3 Å². The minimum atomic E-state index is -0.984. The molecule has 1 saturated heterocycles. The lowest BCUT2D eigenvalue weighted by Gasteiger charge is -2.35. The van der Waals surface area contributed by atoms with Gasteiger partial charge in [0.25, 0.3) is 5.91 Å². The Morgan fingerprint density at radius 1 is 0.765 bits per heavy atom. The van der Waals surface area contributed by atoms with Crippen molar-refractivity contribution in [1.82, 2.24) is 9.80 Å². The number of benzene rings is 2. The second-order valence-corrected chi connectivity index (χ2v) is 8.54. The first kappa shape index (κ1) is 26.2. The molecule has 9 nitrogen and oxygen atoms in total. The van der Waals surface area contributed by atoms with Crippen molar-refractivity contribution >= 4 is 30.5 Å². The molecule has 3 rings (SSSR count). The highest BCUT2D eigenvalue weighted by atomic mass is 16.6. The summed E-state index contributed by atoms with van der Waals surface area (Å²) in [6, 6.07) is 12.3. The van der Waals surface area contributed by atoms with E-state index in [0.29, 0.717) is 49.2 Å². The number of aldehydes is 2. The molecule has 0 unspecified atom stereocenters. The third kappa shape index (κ3) is 7.84. The summed E-state index contributed by atoms with van der Waals surface area (Å²) in [6.45, 7) is 7.32. The SMILES string of the molecule is CC(C)(C)OC(=O)N1CCN(C(=O)c2ccc(C=O)cc2)CC1.O=Cc1ccc(C(=O)O)cc1. The van der Waals surface area contributed by atoms with E-state index in [1.807, 2.05) is 20.8 Å². The molecule has 0 atom stereocenters. The number of ether oxygens (including phenoxy) is 1. The maximum atomic E-state index is 12.4. The maximum Gasteiger partial charge on any atom is 0.410 e. The van der Waals surface area contributed by atoms with Gasteiger partial charge < -0.3 is 19.6 Å². The second-order valence-electron chi connectivity index (χ2n) is 8.54. The topological polar surface area (TPSA) is 121 Å². The van der Waals surface area contributed by atoms with Crippen molar-refractivity contribution in [2.45, 2.75) is 26.4 Å². The first-order chi connectivity index (χ1) is 16.0. The van der Waals surface area contributed by atoms with Crippen molar-refractivity contribution in [3.05, 3.63) is 70.8 Å². The molecule has 1 heterocycles. The number of carbonyl (C=O) groups is 5. The van der Waals surface area contributed by atoms with Crippen molar-refractivity contribution in [3.63, 3.8) is 0 Å². The summed E-state index contributed by atoms with van der Waals surface area (Å²) < 4.78 is 5.33. The molecule has 0 bridgehead atoms. The minimum absolute atomic E-state index is 0.0914. The molecule has 1 fully saturated rings. The molecule has 0 aromatic heterocycles. The van der Waals surface area contributed by atoms with Gasteiger partial charge in [-0.15, -0.1) is 0 Å². The van der Waals surface area contributed by atoms with Crippen molar-refractivity contribution < 1.29 is 33.8 Å². The standard InChI is InChI=1S/C17H22N2O4.C8H6O3/c1-17(2,3)23-16(22)19-10-8-18(9-11-19)15(21)14-6-4-13(12-20)5-7-14;9-5-6-1-3-7(4-2-6)8(10)11/h4-7,12H,8-11H2,1-3H3;1-5H,(H,10,11). The second kappa shape index (κ2) is 11.7. The van der Waals surface area contributed by atoms with E-state index in [0.717, 1.165) is 6.29 Å². The van der Waals surface area contributed by atoms with Crippen molar-refractivity contribution in [2.24, 2.45) is 0 Å². The molecule has 0 spiro atoms. The Morgan fingerprint density at radius 3 is 1.56 bits per heavy atom. The molecule has 2 amide bonds. The summed E-state index contributed by atoms with van der Waals surface area (Å²) in [5, 5.41) is 8.46. The van der Waals surface area contributed by atoms with E-state index >= 15 is 0 Å². The van der Waals surface area contributed by atoms with Crippen molar-refractivity contribution in [1.29, 1.82) is 0 Å². The first-order valence-electron chi connectivity index (χ1n) is 10.6. The van der Waals surface area contributed by atoms with E-state index in [-0.39, 0.29) is 17.6 Å². The molecular formula is C25H28N2O7. The maximum absolute atomic E-state index is 12.4. The van der Waals surface area contributed by atoms with E-state index in [9.17, 15) is 24.0 Å². The number of rotatable bonds is 4. The van der Waals surface area contributed by atoms with Gasteiger partial charge in [0.05, 0.1) is 5.56 Å². The predicted octanol–water partition coefficient (Wildman–Crippen LogP) is 3.39. The minimum Gasteiger partial charge on any atom is -0.478 e. The Labute approximate surface area is 197 Å². The number of hydrogen-bond donors (Lipinski definition) is 1. The quantitative estimate of drug-likeness (QED) is 0.683. The Hall–Kier alpha value is -4.01. The molecule has 180 valence electrons. The third-order valence-electron chi connectivity index (χ3n) is 4.81. The van der Waals surface area contributed by atoms with Gasteiger partial charge in [0.2, 0.25) is 0 Å². The summed E-state index contributed by atoms with van der Waals surface area (Å²) in [4.78, 5) is 58.8. The van der Waals surface area contributed by atoms with Gasteiger partial charge in [0.15, 0.2) is 0 Å². The summed E-state index contributed by atoms with van der Waals surface area (Å²) >= 11 is 0.